The van der Waals surface area contributed by atoms with E-state index in [1.807, 2.05) is 0 Å². The van der Waals surface area contributed by atoms with E-state index in [2.05, 4.69) is 0 Å². The quantitative estimate of drug-likeness (QED) is 0.701. The molecule has 0 aliphatic heterocycles. The zero-order chi connectivity index (χ0) is 13.3. The Bertz CT molecular complexity index is 528. The molecule has 0 radical (unpaired) electrons. The van der Waals surface area contributed by atoms with E-state index in [9.17, 15) is 13.2 Å². The summed E-state index contributed by atoms with van der Waals surface area (Å²) >= 11 is 5.61. The van der Waals surface area contributed by atoms with Gasteiger partial charge in [0.1, 0.15) is 0 Å². The molecule has 1 rings (SSSR count). The predicted molar refractivity (Wildman–Crippen MR) is 62.2 cm³/mol. The van der Waals surface area contributed by atoms with Gasteiger partial charge in [-0.2, -0.15) is 0 Å². The molecule has 0 amide bonds. The first kappa shape index (κ1) is 13.9. The Labute approximate surface area is 103 Å². The fourth-order valence-corrected chi connectivity index (χ4v) is 2.63. The van der Waals surface area contributed by atoms with E-state index in [0.717, 1.165) is 0 Å². The van der Waals surface area contributed by atoms with Crippen molar-refractivity contribution in [2.45, 2.75) is 9.77 Å². The van der Waals surface area contributed by atoms with E-state index >= 15 is 0 Å². The van der Waals surface area contributed by atoms with E-state index in [-0.39, 0.29) is 4.90 Å². The Morgan fingerprint density at radius 3 is 2.18 bits per heavy atom. The van der Waals surface area contributed by atoms with Crippen molar-refractivity contribution in [1.82, 2.24) is 0 Å². The second kappa shape index (κ2) is 4.61. The van der Waals surface area contributed by atoms with Crippen molar-refractivity contribution in [1.29, 1.82) is 0 Å². The van der Waals surface area contributed by atoms with Crippen molar-refractivity contribution in [2.24, 2.45) is 11.5 Å². The predicted octanol–water partition coefficient (Wildman–Crippen LogP) is -0.188. The lowest BCUT2D eigenvalue weighted by Crippen LogP contribution is -2.59. The monoisotopic (exact) mass is 278 g/mol. The minimum atomic E-state index is -4.27. The number of carboxylic acid groups (broad SMARTS) is 1. The van der Waals surface area contributed by atoms with Gasteiger partial charge in [0, 0.05) is 11.6 Å². The molecule has 0 heterocycles. The lowest BCUT2D eigenvalue weighted by molar-refractivity contribution is -0.139. The van der Waals surface area contributed by atoms with Gasteiger partial charge in [0.15, 0.2) is 0 Å². The van der Waals surface area contributed by atoms with Gasteiger partial charge in [-0.3, -0.25) is 0 Å². The van der Waals surface area contributed by atoms with Crippen LogP contribution in [-0.2, 0) is 14.6 Å². The van der Waals surface area contributed by atoms with E-state index in [0.29, 0.717) is 5.02 Å². The molecule has 0 spiro atoms. The van der Waals surface area contributed by atoms with E-state index < -0.39 is 27.2 Å². The zero-order valence-corrected chi connectivity index (χ0v) is 10.2. The van der Waals surface area contributed by atoms with Crippen LogP contribution in [0, 0.1) is 0 Å². The molecule has 0 saturated heterocycles. The van der Waals surface area contributed by atoms with Crippen LogP contribution >= 0.6 is 11.6 Å². The minimum Gasteiger partial charge on any atom is -0.479 e. The number of carbonyl (C=O) groups is 1. The molecule has 1 aromatic rings. The second-order valence-corrected chi connectivity index (χ2v) is 6.00. The molecule has 1 atom stereocenters. The molecular formula is C9H11ClN2O4S. The van der Waals surface area contributed by atoms with Crippen LogP contribution in [0.25, 0.3) is 0 Å². The number of benzene rings is 1. The van der Waals surface area contributed by atoms with Crippen LogP contribution in [0.1, 0.15) is 0 Å². The summed E-state index contributed by atoms with van der Waals surface area (Å²) in [5.74, 6) is -1.70. The van der Waals surface area contributed by atoms with Crippen LogP contribution in [0.15, 0.2) is 29.2 Å². The van der Waals surface area contributed by atoms with Crippen LogP contribution in [0.3, 0.4) is 0 Å². The van der Waals surface area contributed by atoms with Gasteiger partial charge in [-0.1, -0.05) is 11.6 Å². The van der Waals surface area contributed by atoms with Gasteiger partial charge in [0.2, 0.25) is 14.7 Å². The summed E-state index contributed by atoms with van der Waals surface area (Å²) in [6.45, 7) is -0.729. The molecule has 0 aliphatic carbocycles. The van der Waals surface area contributed by atoms with Crippen molar-refractivity contribution in [3.63, 3.8) is 0 Å². The van der Waals surface area contributed by atoms with Gasteiger partial charge >= 0.3 is 5.97 Å². The van der Waals surface area contributed by atoms with E-state index in [1.165, 1.54) is 24.3 Å². The summed E-state index contributed by atoms with van der Waals surface area (Å²) in [6, 6.07) is 5.01. The zero-order valence-electron chi connectivity index (χ0n) is 8.63. The van der Waals surface area contributed by atoms with Crippen LogP contribution in [-0.4, -0.2) is 30.9 Å². The van der Waals surface area contributed by atoms with Crippen molar-refractivity contribution in [3.05, 3.63) is 29.3 Å². The van der Waals surface area contributed by atoms with Gasteiger partial charge in [-0.25, -0.2) is 13.2 Å². The maximum atomic E-state index is 12.0. The minimum absolute atomic E-state index is 0.239. The van der Waals surface area contributed by atoms with Gasteiger partial charge in [0.25, 0.3) is 0 Å². The summed E-state index contributed by atoms with van der Waals surface area (Å²) in [5.41, 5.74) is 10.5. The summed E-state index contributed by atoms with van der Waals surface area (Å²) in [7, 11) is -4.27. The van der Waals surface area contributed by atoms with Gasteiger partial charge in [-0.05, 0) is 24.3 Å². The fourth-order valence-electron chi connectivity index (χ4n) is 1.14. The molecule has 0 aliphatic rings. The Hall–Kier alpha value is -1.15. The highest BCUT2D eigenvalue weighted by Crippen LogP contribution is 2.22. The summed E-state index contributed by atoms with van der Waals surface area (Å²) < 4.78 is 24.0. The first-order chi connectivity index (χ1) is 7.75. The van der Waals surface area contributed by atoms with Crippen molar-refractivity contribution < 1.29 is 18.3 Å². The Kier molecular flexibility index (Phi) is 3.78. The average molecular weight is 279 g/mol. The smallest absolute Gasteiger partial charge is 0.341 e. The molecule has 0 saturated carbocycles. The number of hydrogen-bond acceptors (Lipinski definition) is 5. The third kappa shape index (κ3) is 2.27. The van der Waals surface area contributed by atoms with Crippen LogP contribution in [0.2, 0.25) is 5.02 Å². The normalized spacial score (nSPS) is 15.2. The summed E-state index contributed by atoms with van der Waals surface area (Å²) in [6.07, 6.45) is 0. The molecule has 17 heavy (non-hydrogen) atoms. The second-order valence-electron chi connectivity index (χ2n) is 3.36. The highest BCUT2D eigenvalue weighted by molar-refractivity contribution is 7.93. The van der Waals surface area contributed by atoms with Crippen molar-refractivity contribution >= 4 is 27.4 Å². The third-order valence-electron chi connectivity index (χ3n) is 2.27. The Morgan fingerprint density at radius 2 is 1.82 bits per heavy atom. The van der Waals surface area contributed by atoms with E-state index in [1.54, 1.807) is 0 Å². The summed E-state index contributed by atoms with van der Waals surface area (Å²) in [5, 5.41) is 9.20. The van der Waals surface area contributed by atoms with E-state index in [4.69, 9.17) is 28.2 Å². The molecule has 8 heteroatoms. The van der Waals surface area contributed by atoms with Crippen LogP contribution in [0.4, 0.5) is 0 Å². The Balaban J connectivity index is 3.37. The SMILES string of the molecule is NCC(N)(C(=O)O)S(=O)(=O)c1ccc(Cl)cc1. The molecule has 6 nitrogen and oxygen atoms in total. The van der Waals surface area contributed by atoms with Gasteiger partial charge in [-0.15, -0.1) is 0 Å². The fraction of sp³-hybridized carbons (Fsp3) is 0.222. The molecule has 94 valence electrons. The van der Waals surface area contributed by atoms with Crippen LogP contribution < -0.4 is 11.5 Å². The maximum absolute atomic E-state index is 12.0. The first-order valence-corrected chi connectivity index (χ1v) is 6.34. The summed E-state index contributed by atoms with van der Waals surface area (Å²) in [4.78, 5) is 8.15. The average Bonchev–Trinajstić information content (AvgIpc) is 2.28. The van der Waals surface area contributed by atoms with Gasteiger partial charge < -0.3 is 16.6 Å². The molecule has 0 aromatic heterocycles. The largest absolute Gasteiger partial charge is 0.479 e. The Morgan fingerprint density at radius 1 is 1.35 bits per heavy atom. The lowest BCUT2D eigenvalue weighted by atomic mass is 10.3. The lowest BCUT2D eigenvalue weighted by Gasteiger charge is -2.22. The highest BCUT2D eigenvalue weighted by Gasteiger charge is 2.47. The number of halogens is 1. The molecule has 0 bridgehead atoms. The number of nitrogens with two attached hydrogens (primary N) is 2. The molecular weight excluding hydrogens is 268 g/mol. The molecule has 0 fully saturated rings. The number of carboxylic acids is 1. The molecule has 1 aromatic carbocycles. The molecule has 1 unspecified atom stereocenters. The standard InChI is InChI=1S/C9H11ClN2O4S/c10-6-1-3-7(4-2-6)17(15,16)9(12,5-11)8(13)14/h1-4H,5,11-12H2,(H,13,14). The number of sulfone groups is 1. The maximum Gasteiger partial charge on any atom is 0.341 e. The topological polar surface area (TPSA) is 123 Å². The number of aliphatic carboxylic acids is 1. The molecule has 5 N–H and O–H groups in total. The number of hydrogen-bond donors (Lipinski definition) is 3. The van der Waals surface area contributed by atoms with Crippen molar-refractivity contribution in [3.8, 4) is 0 Å². The first-order valence-electron chi connectivity index (χ1n) is 4.48. The van der Waals surface area contributed by atoms with Crippen molar-refractivity contribution in [2.75, 3.05) is 6.54 Å². The highest BCUT2D eigenvalue weighted by atomic mass is 35.5. The van der Waals surface area contributed by atoms with Crippen LogP contribution in [0.5, 0.6) is 0 Å². The third-order valence-corrected chi connectivity index (χ3v) is 4.71. The number of rotatable bonds is 4. The van der Waals surface area contributed by atoms with Gasteiger partial charge in [0.05, 0.1) is 4.90 Å².